The molecular weight excluding hydrogens is 434 g/mol. The predicted molar refractivity (Wildman–Crippen MR) is 117 cm³/mol. The van der Waals surface area contributed by atoms with Crippen LogP contribution >= 0.6 is 0 Å². The van der Waals surface area contributed by atoms with Crippen LogP contribution in [0.1, 0.15) is 11.3 Å². The van der Waals surface area contributed by atoms with Crippen LogP contribution in [0.25, 0.3) is 10.9 Å². The molecule has 9 nitrogen and oxygen atoms in total. The van der Waals surface area contributed by atoms with E-state index in [1.807, 2.05) is 37.3 Å². The molecular formula is C22H23N3O6S. The second-order valence-electron chi connectivity index (χ2n) is 7.38. The molecule has 0 bridgehead atoms. The first-order chi connectivity index (χ1) is 15.3. The number of para-hydroxylation sites is 1. The second-order valence-corrected chi connectivity index (χ2v) is 9.10. The van der Waals surface area contributed by atoms with Crippen molar-refractivity contribution in [2.24, 2.45) is 0 Å². The molecule has 0 amide bonds. The van der Waals surface area contributed by atoms with Crippen LogP contribution in [0.3, 0.4) is 0 Å². The quantitative estimate of drug-likeness (QED) is 0.490. The summed E-state index contributed by atoms with van der Waals surface area (Å²) < 4.78 is 38.8. The van der Waals surface area contributed by atoms with Crippen molar-refractivity contribution in [2.75, 3.05) is 13.2 Å². The zero-order valence-electron chi connectivity index (χ0n) is 17.3. The van der Waals surface area contributed by atoms with Gasteiger partial charge in [0.2, 0.25) is 10.0 Å². The molecule has 2 aromatic carbocycles. The molecule has 0 radical (unpaired) electrons. The van der Waals surface area contributed by atoms with Crippen LogP contribution in [-0.4, -0.2) is 49.9 Å². The summed E-state index contributed by atoms with van der Waals surface area (Å²) in [6, 6.07) is 15.7. The smallest absolute Gasteiger partial charge is 0.335 e. The number of hydrogen-bond donors (Lipinski definition) is 3. The van der Waals surface area contributed by atoms with Gasteiger partial charge in [-0.15, -0.1) is 0 Å². The lowest BCUT2D eigenvalue weighted by molar-refractivity contribution is -0.155. The van der Waals surface area contributed by atoms with Gasteiger partial charge in [-0.25, -0.2) is 13.2 Å². The first-order valence-electron chi connectivity index (χ1n) is 10.0. The number of hydrogen-bond acceptors (Lipinski definition) is 7. The summed E-state index contributed by atoms with van der Waals surface area (Å²) >= 11 is 0. The van der Waals surface area contributed by atoms with Crippen molar-refractivity contribution in [2.45, 2.75) is 30.7 Å². The number of fused-ring (bicyclic) bond motifs is 1. The van der Waals surface area contributed by atoms with E-state index >= 15 is 0 Å². The van der Waals surface area contributed by atoms with Crippen molar-refractivity contribution in [3.8, 4) is 5.75 Å². The number of carbonyl (C=O) groups is 1. The number of morpholine rings is 1. The lowest BCUT2D eigenvalue weighted by atomic mass is 10.1. The fourth-order valence-corrected chi connectivity index (χ4v) is 4.72. The van der Waals surface area contributed by atoms with E-state index in [-0.39, 0.29) is 11.5 Å². The minimum atomic E-state index is -3.96. The molecule has 2 heterocycles. The summed E-state index contributed by atoms with van der Waals surface area (Å²) in [5.41, 5.74) is 2.75. The number of benzene rings is 2. The highest BCUT2D eigenvalue weighted by Crippen LogP contribution is 2.22. The summed E-state index contributed by atoms with van der Waals surface area (Å²) in [6.07, 6.45) is -2.37. The molecule has 3 aromatic rings. The number of nitrogens with one attached hydrogen (secondary N) is 2. The summed E-state index contributed by atoms with van der Waals surface area (Å²) in [6.45, 7) is 2.75. The number of carboxylic acids is 1. The summed E-state index contributed by atoms with van der Waals surface area (Å²) in [5, 5.41) is 13.0. The highest BCUT2D eigenvalue weighted by molar-refractivity contribution is 7.89. The van der Waals surface area contributed by atoms with E-state index in [9.17, 15) is 18.3 Å². The molecule has 1 fully saturated rings. The molecule has 1 aliphatic heterocycles. The Morgan fingerprint density at radius 1 is 1.25 bits per heavy atom. The largest absolute Gasteiger partial charge is 0.489 e. The molecule has 2 atom stereocenters. The molecule has 32 heavy (non-hydrogen) atoms. The highest BCUT2D eigenvalue weighted by Gasteiger charge is 2.35. The Hall–Kier alpha value is -3.05. The standard InChI is InChI=1S/C22H23N3O6S/c1-14-12-15(18-4-2-3-5-19(18)24-14)13-31-16-6-8-17(9-7-16)32(28,29)25-21-20(22(26)27)30-11-10-23-21/h2-9,12,20-21,23,25H,10-11,13H2,1H3,(H,26,27)/t20?,21-/m0/s1. The number of carboxylic acid groups (broad SMARTS) is 1. The van der Waals surface area contributed by atoms with Gasteiger partial charge < -0.3 is 14.6 Å². The van der Waals surface area contributed by atoms with Crippen molar-refractivity contribution in [3.63, 3.8) is 0 Å². The third-order valence-electron chi connectivity index (χ3n) is 5.05. The molecule has 4 rings (SSSR count). The summed E-state index contributed by atoms with van der Waals surface area (Å²) in [4.78, 5) is 15.8. The lowest BCUT2D eigenvalue weighted by Gasteiger charge is -2.30. The molecule has 3 N–H and O–H groups in total. The van der Waals surface area contributed by atoms with Gasteiger partial charge in [0.1, 0.15) is 18.5 Å². The maximum absolute atomic E-state index is 12.7. The van der Waals surface area contributed by atoms with Crippen LogP contribution in [0.5, 0.6) is 5.75 Å². The average molecular weight is 458 g/mol. The number of nitrogens with zero attached hydrogens (tertiary/aromatic N) is 1. The third-order valence-corrected chi connectivity index (χ3v) is 6.51. The minimum Gasteiger partial charge on any atom is -0.489 e. The Bertz CT molecular complexity index is 1230. The van der Waals surface area contributed by atoms with Crippen LogP contribution in [-0.2, 0) is 26.2 Å². The number of sulfonamides is 1. The normalized spacial score (nSPS) is 19.0. The Morgan fingerprint density at radius 3 is 2.75 bits per heavy atom. The lowest BCUT2D eigenvalue weighted by Crippen LogP contribution is -2.60. The number of pyridine rings is 1. The first kappa shape index (κ1) is 22.2. The van der Waals surface area contributed by atoms with Gasteiger partial charge in [-0.1, -0.05) is 18.2 Å². The Labute approximate surface area is 185 Å². The average Bonchev–Trinajstić information content (AvgIpc) is 2.77. The fourth-order valence-electron chi connectivity index (χ4n) is 3.55. The predicted octanol–water partition coefficient (Wildman–Crippen LogP) is 1.80. The number of ether oxygens (including phenoxy) is 2. The molecule has 0 spiro atoms. The zero-order valence-corrected chi connectivity index (χ0v) is 18.1. The van der Waals surface area contributed by atoms with Crippen LogP contribution in [0.2, 0.25) is 0 Å². The van der Waals surface area contributed by atoms with Crippen molar-refractivity contribution < 1.29 is 27.8 Å². The van der Waals surface area contributed by atoms with Gasteiger partial charge in [0, 0.05) is 23.2 Å². The van der Waals surface area contributed by atoms with Crippen LogP contribution < -0.4 is 14.8 Å². The number of aliphatic carboxylic acids is 1. The van der Waals surface area contributed by atoms with Crippen molar-refractivity contribution in [3.05, 3.63) is 65.9 Å². The summed E-state index contributed by atoms with van der Waals surface area (Å²) in [7, 11) is -3.96. The molecule has 0 saturated carbocycles. The van der Waals surface area contributed by atoms with E-state index in [1.165, 1.54) is 12.1 Å². The van der Waals surface area contributed by atoms with Gasteiger partial charge in [0.25, 0.3) is 0 Å². The van der Waals surface area contributed by atoms with E-state index in [0.717, 1.165) is 22.2 Å². The minimum absolute atomic E-state index is 0.00781. The van der Waals surface area contributed by atoms with E-state index in [2.05, 4.69) is 15.0 Å². The maximum atomic E-state index is 12.7. The van der Waals surface area contributed by atoms with Gasteiger partial charge in [-0.05, 0) is 43.3 Å². The third kappa shape index (κ3) is 4.89. The highest BCUT2D eigenvalue weighted by atomic mass is 32.2. The fraction of sp³-hybridized carbons (Fsp3) is 0.273. The molecule has 1 saturated heterocycles. The SMILES string of the molecule is Cc1cc(COc2ccc(S(=O)(=O)N[C@@H]3NCCOC3C(=O)O)cc2)c2ccccc2n1. The van der Waals surface area contributed by atoms with Crippen molar-refractivity contribution in [1.29, 1.82) is 0 Å². The molecule has 168 valence electrons. The van der Waals surface area contributed by atoms with E-state index in [0.29, 0.717) is 18.9 Å². The molecule has 10 heteroatoms. The van der Waals surface area contributed by atoms with Crippen LogP contribution in [0.4, 0.5) is 0 Å². The van der Waals surface area contributed by atoms with Gasteiger partial charge >= 0.3 is 5.97 Å². The first-order valence-corrected chi connectivity index (χ1v) is 11.5. The Balaban J connectivity index is 1.46. The Morgan fingerprint density at radius 2 is 2.00 bits per heavy atom. The Kier molecular flexibility index (Phi) is 6.38. The van der Waals surface area contributed by atoms with Crippen LogP contribution in [0, 0.1) is 6.92 Å². The monoisotopic (exact) mass is 457 g/mol. The second kappa shape index (κ2) is 9.21. The number of rotatable bonds is 7. The molecule has 0 aliphatic carbocycles. The van der Waals surface area contributed by atoms with Gasteiger partial charge in [-0.3, -0.25) is 10.3 Å². The van der Waals surface area contributed by atoms with Crippen LogP contribution in [0.15, 0.2) is 59.5 Å². The van der Waals surface area contributed by atoms with Crippen molar-refractivity contribution in [1.82, 2.24) is 15.0 Å². The topological polar surface area (TPSA) is 127 Å². The molecule has 1 unspecified atom stereocenters. The number of aryl methyl sites for hydroxylation is 1. The van der Waals surface area contributed by atoms with Gasteiger partial charge in [0.15, 0.2) is 6.10 Å². The van der Waals surface area contributed by atoms with Gasteiger partial charge in [0.05, 0.1) is 17.0 Å². The van der Waals surface area contributed by atoms with E-state index < -0.39 is 28.3 Å². The van der Waals surface area contributed by atoms with E-state index in [1.54, 1.807) is 12.1 Å². The molecule has 1 aliphatic rings. The zero-order chi connectivity index (χ0) is 22.7. The van der Waals surface area contributed by atoms with Gasteiger partial charge in [-0.2, -0.15) is 4.72 Å². The van der Waals surface area contributed by atoms with E-state index in [4.69, 9.17) is 9.47 Å². The maximum Gasteiger partial charge on any atom is 0.335 e. The molecule has 1 aromatic heterocycles. The number of aromatic nitrogens is 1. The van der Waals surface area contributed by atoms with Crippen molar-refractivity contribution >= 4 is 26.9 Å². The summed E-state index contributed by atoms with van der Waals surface area (Å²) in [5.74, 6) is -0.738.